The van der Waals surface area contributed by atoms with Gasteiger partial charge in [-0.1, -0.05) is 32.9 Å². The average Bonchev–Trinajstić information content (AvgIpc) is 2.76. The minimum absolute atomic E-state index is 0.00950. The second-order valence-corrected chi connectivity index (χ2v) is 9.47. The molecule has 166 valence electrons. The first-order valence-electron chi connectivity index (χ1n) is 11.1. The molecule has 2 aromatic rings. The van der Waals surface area contributed by atoms with Crippen molar-refractivity contribution in [3.63, 3.8) is 0 Å². The third kappa shape index (κ3) is 4.88. The summed E-state index contributed by atoms with van der Waals surface area (Å²) in [6.45, 7) is 11.5. The van der Waals surface area contributed by atoms with E-state index < -0.39 is 6.10 Å². The number of aromatic nitrogens is 2. The van der Waals surface area contributed by atoms with Gasteiger partial charge in [-0.05, 0) is 30.2 Å². The van der Waals surface area contributed by atoms with Crippen LogP contribution in [0.3, 0.4) is 0 Å². The Kier molecular flexibility index (Phi) is 6.25. The Bertz CT molecular complexity index is 901. The van der Waals surface area contributed by atoms with Gasteiger partial charge in [-0.15, -0.1) is 0 Å². The van der Waals surface area contributed by atoms with Crippen LogP contribution in [0.1, 0.15) is 32.0 Å². The van der Waals surface area contributed by atoms with Crippen LogP contribution in [0.2, 0.25) is 0 Å². The maximum atomic E-state index is 13.3. The van der Waals surface area contributed by atoms with Gasteiger partial charge in [-0.25, -0.2) is 4.98 Å². The molecule has 0 radical (unpaired) electrons. The molecular weight excluding hydrogens is 390 g/mol. The average molecular weight is 424 g/mol. The molecule has 1 aromatic carbocycles. The van der Waals surface area contributed by atoms with E-state index in [-0.39, 0.29) is 11.3 Å². The molecule has 7 nitrogen and oxygen atoms in total. The zero-order chi connectivity index (χ0) is 22.0. The first-order valence-corrected chi connectivity index (χ1v) is 11.1. The fourth-order valence-electron chi connectivity index (χ4n) is 4.15. The summed E-state index contributed by atoms with van der Waals surface area (Å²) in [5.74, 6) is 0.864. The van der Waals surface area contributed by atoms with Crippen molar-refractivity contribution in [2.75, 3.05) is 56.2 Å². The third-order valence-corrected chi connectivity index (χ3v) is 6.15. The predicted octanol–water partition coefficient (Wildman–Crippen LogP) is 2.50. The summed E-state index contributed by atoms with van der Waals surface area (Å²) in [5.41, 5.74) is 3.09. The number of ether oxygens (including phenoxy) is 1. The van der Waals surface area contributed by atoms with Gasteiger partial charge in [-0.2, -0.15) is 0 Å². The summed E-state index contributed by atoms with van der Waals surface area (Å²) < 4.78 is 5.90. The third-order valence-electron chi connectivity index (χ3n) is 6.15. The van der Waals surface area contributed by atoms with E-state index >= 15 is 0 Å². The van der Waals surface area contributed by atoms with E-state index in [1.807, 2.05) is 17.0 Å². The minimum atomic E-state index is -0.543. The summed E-state index contributed by atoms with van der Waals surface area (Å²) in [4.78, 5) is 28.8. The lowest BCUT2D eigenvalue weighted by Crippen LogP contribution is -2.49. The Morgan fingerprint density at radius 3 is 2.35 bits per heavy atom. The number of piperazine rings is 1. The van der Waals surface area contributed by atoms with Crippen molar-refractivity contribution < 1.29 is 9.53 Å². The van der Waals surface area contributed by atoms with E-state index in [2.05, 4.69) is 59.7 Å². The Balaban J connectivity index is 1.49. The maximum absolute atomic E-state index is 13.3. The molecule has 2 fully saturated rings. The largest absolute Gasteiger partial charge is 0.366 e. The number of amides is 1. The number of morpholine rings is 1. The summed E-state index contributed by atoms with van der Waals surface area (Å²) in [6, 6.07) is 8.31. The van der Waals surface area contributed by atoms with Crippen LogP contribution in [-0.2, 0) is 21.4 Å². The molecule has 2 aliphatic heterocycles. The Morgan fingerprint density at radius 1 is 1.00 bits per heavy atom. The van der Waals surface area contributed by atoms with Crippen molar-refractivity contribution in [3.8, 4) is 0 Å². The standard InChI is InChI=1S/C24H33N5O2/c1-24(2,3)18-5-7-19(8-6-18)29-15-16-31-21(23(29)30)17-20-22(26-10-9-25-20)28-13-11-27(4)12-14-28/h5-10,21H,11-17H2,1-4H3. The van der Waals surface area contributed by atoms with Crippen LogP contribution >= 0.6 is 0 Å². The quantitative estimate of drug-likeness (QED) is 0.753. The number of anilines is 2. The molecular formula is C24H33N5O2. The highest BCUT2D eigenvalue weighted by Crippen LogP contribution is 2.27. The number of hydrogen-bond acceptors (Lipinski definition) is 6. The van der Waals surface area contributed by atoms with Crippen molar-refractivity contribution in [2.45, 2.75) is 38.7 Å². The molecule has 1 amide bonds. The van der Waals surface area contributed by atoms with Gasteiger partial charge in [0.1, 0.15) is 6.10 Å². The van der Waals surface area contributed by atoms with Crippen LogP contribution in [0, 0.1) is 0 Å². The van der Waals surface area contributed by atoms with Gasteiger partial charge in [0.2, 0.25) is 0 Å². The zero-order valence-corrected chi connectivity index (χ0v) is 19.0. The molecule has 0 aliphatic carbocycles. The van der Waals surface area contributed by atoms with Gasteiger partial charge in [-0.3, -0.25) is 9.78 Å². The first-order chi connectivity index (χ1) is 14.8. The Hall–Kier alpha value is -2.51. The molecule has 4 rings (SSSR count). The molecule has 7 heteroatoms. The number of likely N-dealkylation sites (N-methyl/N-ethyl adjacent to an activating group) is 1. The van der Waals surface area contributed by atoms with Gasteiger partial charge >= 0.3 is 0 Å². The molecule has 3 heterocycles. The maximum Gasteiger partial charge on any atom is 0.256 e. The molecule has 0 saturated carbocycles. The van der Waals surface area contributed by atoms with E-state index in [9.17, 15) is 4.79 Å². The van der Waals surface area contributed by atoms with Crippen LogP contribution < -0.4 is 9.80 Å². The molecule has 0 spiro atoms. The van der Waals surface area contributed by atoms with Crippen molar-refractivity contribution in [2.24, 2.45) is 0 Å². The van der Waals surface area contributed by atoms with E-state index in [0.717, 1.165) is 43.4 Å². The first kappa shape index (κ1) is 21.7. The van der Waals surface area contributed by atoms with Crippen LogP contribution in [0.25, 0.3) is 0 Å². The van der Waals surface area contributed by atoms with E-state index in [1.165, 1.54) is 5.56 Å². The monoisotopic (exact) mass is 423 g/mol. The topological polar surface area (TPSA) is 61.8 Å². The highest BCUT2D eigenvalue weighted by atomic mass is 16.5. The summed E-state index contributed by atoms with van der Waals surface area (Å²) in [5, 5.41) is 0. The van der Waals surface area contributed by atoms with E-state index in [4.69, 9.17) is 4.74 Å². The molecule has 31 heavy (non-hydrogen) atoms. The van der Waals surface area contributed by atoms with Gasteiger partial charge in [0.15, 0.2) is 5.82 Å². The lowest BCUT2D eigenvalue weighted by molar-refractivity contribution is -0.133. The summed E-state index contributed by atoms with van der Waals surface area (Å²) in [6.07, 6.45) is 3.32. The molecule has 2 aliphatic rings. The number of hydrogen-bond donors (Lipinski definition) is 0. The molecule has 1 atom stereocenters. The van der Waals surface area contributed by atoms with Gasteiger partial charge < -0.3 is 19.4 Å². The fourth-order valence-corrected chi connectivity index (χ4v) is 4.15. The number of benzene rings is 1. The molecule has 0 N–H and O–H groups in total. The lowest BCUT2D eigenvalue weighted by atomic mass is 9.87. The van der Waals surface area contributed by atoms with Gasteiger partial charge in [0.25, 0.3) is 5.91 Å². The second kappa shape index (κ2) is 8.93. The second-order valence-electron chi connectivity index (χ2n) is 9.47. The number of nitrogens with zero attached hydrogens (tertiary/aromatic N) is 5. The predicted molar refractivity (Wildman–Crippen MR) is 123 cm³/mol. The minimum Gasteiger partial charge on any atom is -0.366 e. The van der Waals surface area contributed by atoms with Crippen molar-refractivity contribution in [1.29, 1.82) is 0 Å². The van der Waals surface area contributed by atoms with Crippen molar-refractivity contribution in [1.82, 2.24) is 14.9 Å². The molecule has 1 aromatic heterocycles. The highest BCUT2D eigenvalue weighted by Gasteiger charge is 2.32. The van der Waals surface area contributed by atoms with Crippen LogP contribution in [0.4, 0.5) is 11.5 Å². The summed E-state index contributed by atoms with van der Waals surface area (Å²) in [7, 11) is 2.13. The summed E-state index contributed by atoms with van der Waals surface area (Å²) >= 11 is 0. The SMILES string of the molecule is CN1CCN(c2nccnc2CC2OCCN(c3ccc(C(C)(C)C)cc3)C2=O)CC1. The smallest absolute Gasteiger partial charge is 0.256 e. The van der Waals surface area contributed by atoms with Crippen LogP contribution in [0.5, 0.6) is 0 Å². The normalized spacial score (nSPS) is 20.9. The number of rotatable bonds is 4. The van der Waals surface area contributed by atoms with Crippen molar-refractivity contribution in [3.05, 3.63) is 47.9 Å². The van der Waals surface area contributed by atoms with E-state index in [1.54, 1.807) is 12.4 Å². The molecule has 2 saturated heterocycles. The van der Waals surface area contributed by atoms with E-state index in [0.29, 0.717) is 19.6 Å². The number of carbonyl (C=O) groups is 1. The van der Waals surface area contributed by atoms with Gasteiger partial charge in [0.05, 0.1) is 12.3 Å². The fraction of sp³-hybridized carbons (Fsp3) is 0.542. The van der Waals surface area contributed by atoms with Crippen LogP contribution in [-0.4, -0.2) is 73.3 Å². The Morgan fingerprint density at radius 2 is 1.68 bits per heavy atom. The highest BCUT2D eigenvalue weighted by molar-refractivity contribution is 5.97. The Labute approximate surface area is 185 Å². The molecule has 0 bridgehead atoms. The van der Waals surface area contributed by atoms with Crippen LogP contribution in [0.15, 0.2) is 36.7 Å². The zero-order valence-electron chi connectivity index (χ0n) is 19.0. The van der Waals surface area contributed by atoms with Crippen molar-refractivity contribution >= 4 is 17.4 Å². The number of carbonyl (C=O) groups excluding carboxylic acids is 1. The lowest BCUT2D eigenvalue weighted by Gasteiger charge is -2.35. The van der Waals surface area contributed by atoms with Gasteiger partial charge in [0, 0.05) is 57.2 Å². The molecule has 1 unspecified atom stereocenters.